The van der Waals surface area contributed by atoms with Gasteiger partial charge in [0.1, 0.15) is 5.60 Å². The Kier molecular flexibility index (Phi) is 15.5. The second kappa shape index (κ2) is 15.9. The summed E-state index contributed by atoms with van der Waals surface area (Å²) in [6.07, 6.45) is 2.75. The van der Waals surface area contributed by atoms with Crippen molar-refractivity contribution in [1.82, 2.24) is 20.4 Å². The minimum atomic E-state index is -0.490. The molecule has 1 fully saturated rings. The number of nitrogens with one attached hydrogen (secondary N) is 2. The maximum atomic E-state index is 12.1. The Bertz CT molecular complexity index is 520. The number of hydrogen-bond acceptors (Lipinski definition) is 5. The highest BCUT2D eigenvalue weighted by Gasteiger charge is 2.22. The Labute approximate surface area is 206 Å². The summed E-state index contributed by atoms with van der Waals surface area (Å²) in [5.74, 6) is 1.21. The maximum absolute atomic E-state index is 12.1. The largest absolute Gasteiger partial charge is 0.444 e. The molecule has 9 heteroatoms. The van der Waals surface area contributed by atoms with E-state index in [9.17, 15) is 4.79 Å². The number of hydrogen-bond donors (Lipinski definition) is 2. The molecule has 1 rings (SSSR count). The summed E-state index contributed by atoms with van der Waals surface area (Å²) in [6.45, 7) is 16.5. The van der Waals surface area contributed by atoms with Crippen LogP contribution in [-0.2, 0) is 9.47 Å². The number of rotatable bonds is 10. The zero-order chi connectivity index (χ0) is 22.6. The zero-order valence-electron chi connectivity index (χ0n) is 20.7. The Hall–Kier alpha value is -0.810. The van der Waals surface area contributed by atoms with E-state index in [1.54, 1.807) is 0 Å². The monoisotopic (exact) mass is 555 g/mol. The second-order valence-electron chi connectivity index (χ2n) is 9.34. The molecular formula is C22H46IN5O3. The van der Waals surface area contributed by atoms with Crippen molar-refractivity contribution in [3.8, 4) is 0 Å². The molecular weight excluding hydrogens is 509 g/mol. The van der Waals surface area contributed by atoms with Crippen LogP contribution in [0.2, 0.25) is 0 Å². The molecule has 0 saturated carbocycles. The molecule has 1 heterocycles. The molecule has 1 saturated heterocycles. The molecule has 0 spiro atoms. The van der Waals surface area contributed by atoms with Gasteiger partial charge in [0.15, 0.2) is 5.96 Å². The van der Waals surface area contributed by atoms with Gasteiger partial charge in [-0.25, -0.2) is 4.79 Å². The fourth-order valence-corrected chi connectivity index (χ4v) is 3.34. The van der Waals surface area contributed by atoms with Crippen LogP contribution in [0.1, 0.15) is 53.9 Å². The molecule has 0 aromatic carbocycles. The molecule has 0 aliphatic carbocycles. The molecule has 0 aromatic heterocycles. The van der Waals surface area contributed by atoms with Gasteiger partial charge in [-0.2, -0.15) is 0 Å². The van der Waals surface area contributed by atoms with Gasteiger partial charge in [-0.1, -0.05) is 13.8 Å². The third-order valence-corrected chi connectivity index (χ3v) is 5.14. The second-order valence-corrected chi connectivity index (χ2v) is 9.34. The predicted octanol–water partition coefficient (Wildman–Crippen LogP) is 3.16. The summed E-state index contributed by atoms with van der Waals surface area (Å²) < 4.78 is 10.8. The van der Waals surface area contributed by atoms with Crippen LogP contribution in [0.15, 0.2) is 4.99 Å². The van der Waals surface area contributed by atoms with Crippen LogP contribution < -0.4 is 10.6 Å². The molecule has 184 valence electrons. The molecule has 1 aliphatic rings. The third kappa shape index (κ3) is 14.1. The Morgan fingerprint density at radius 3 is 2.42 bits per heavy atom. The van der Waals surface area contributed by atoms with Crippen LogP contribution in [0.4, 0.5) is 4.79 Å². The zero-order valence-corrected chi connectivity index (χ0v) is 23.0. The molecule has 0 aromatic rings. The molecule has 1 amide bonds. The first-order chi connectivity index (χ1) is 14.1. The van der Waals surface area contributed by atoms with E-state index in [1.807, 2.05) is 34.9 Å². The molecule has 31 heavy (non-hydrogen) atoms. The number of amides is 1. The molecule has 1 atom stereocenters. The van der Waals surface area contributed by atoms with E-state index in [0.29, 0.717) is 5.92 Å². The minimum Gasteiger partial charge on any atom is -0.444 e. The van der Waals surface area contributed by atoms with Crippen molar-refractivity contribution < 1.29 is 14.3 Å². The minimum absolute atomic E-state index is 0. The highest BCUT2D eigenvalue weighted by atomic mass is 127. The first kappa shape index (κ1) is 30.2. The summed E-state index contributed by atoms with van der Waals surface area (Å²) in [7, 11) is 3.85. The van der Waals surface area contributed by atoms with E-state index < -0.39 is 5.60 Å². The number of ether oxygens (including phenoxy) is 2. The number of carbonyl (C=O) groups excluding carboxylic acids is 1. The van der Waals surface area contributed by atoms with Crippen molar-refractivity contribution >= 4 is 36.0 Å². The van der Waals surface area contributed by atoms with Crippen LogP contribution in [0, 0.1) is 5.92 Å². The van der Waals surface area contributed by atoms with Crippen molar-refractivity contribution in [2.75, 3.05) is 60.0 Å². The van der Waals surface area contributed by atoms with E-state index in [4.69, 9.17) is 9.47 Å². The summed E-state index contributed by atoms with van der Waals surface area (Å²) in [6, 6.07) is 0.0499. The van der Waals surface area contributed by atoms with Gasteiger partial charge in [0, 0.05) is 46.3 Å². The summed E-state index contributed by atoms with van der Waals surface area (Å²) in [5.41, 5.74) is -0.490. The number of aliphatic imine (C=N–C) groups is 1. The summed E-state index contributed by atoms with van der Waals surface area (Å²) in [5, 5.41) is 6.47. The number of alkyl carbamates (subject to hydrolysis) is 1. The highest BCUT2D eigenvalue weighted by molar-refractivity contribution is 14.0. The first-order valence-corrected chi connectivity index (χ1v) is 11.3. The molecule has 1 aliphatic heterocycles. The average molecular weight is 556 g/mol. The van der Waals surface area contributed by atoms with Gasteiger partial charge < -0.3 is 25.0 Å². The molecule has 2 N–H and O–H groups in total. The van der Waals surface area contributed by atoms with E-state index in [-0.39, 0.29) is 36.1 Å². The van der Waals surface area contributed by atoms with Crippen LogP contribution in [0.25, 0.3) is 0 Å². The lowest BCUT2D eigenvalue weighted by Crippen LogP contribution is -2.45. The lowest BCUT2D eigenvalue weighted by molar-refractivity contribution is 0.0372. The number of halogens is 1. The Balaban J connectivity index is 0.00000900. The number of carbonyl (C=O) groups is 1. The van der Waals surface area contributed by atoms with Crippen molar-refractivity contribution in [2.45, 2.75) is 65.5 Å². The summed E-state index contributed by atoms with van der Waals surface area (Å²) >= 11 is 0. The van der Waals surface area contributed by atoms with Crippen LogP contribution in [-0.4, -0.2) is 93.5 Å². The third-order valence-electron chi connectivity index (χ3n) is 5.14. The highest BCUT2D eigenvalue weighted by Crippen LogP contribution is 2.11. The number of unbranched alkanes of at least 4 members (excludes halogenated alkanes) is 1. The average Bonchev–Trinajstić information content (AvgIpc) is 2.66. The van der Waals surface area contributed by atoms with Gasteiger partial charge in [0.2, 0.25) is 0 Å². The Morgan fingerprint density at radius 1 is 1.23 bits per heavy atom. The first-order valence-electron chi connectivity index (χ1n) is 11.3. The van der Waals surface area contributed by atoms with Gasteiger partial charge in [-0.15, -0.1) is 24.0 Å². The normalized spacial score (nSPS) is 16.5. The molecule has 0 bridgehead atoms. The number of morpholine rings is 1. The Morgan fingerprint density at radius 2 is 1.87 bits per heavy atom. The van der Waals surface area contributed by atoms with Crippen molar-refractivity contribution in [3.05, 3.63) is 0 Å². The van der Waals surface area contributed by atoms with Crippen LogP contribution in [0.3, 0.4) is 0 Å². The lowest BCUT2D eigenvalue weighted by atomic mass is 10.0. The number of nitrogens with zero attached hydrogens (tertiary/aromatic N) is 3. The van der Waals surface area contributed by atoms with Gasteiger partial charge in [0.25, 0.3) is 0 Å². The van der Waals surface area contributed by atoms with Crippen LogP contribution >= 0.6 is 24.0 Å². The quantitative estimate of drug-likeness (QED) is 0.187. The maximum Gasteiger partial charge on any atom is 0.407 e. The SMILES string of the molecule is CN=C(NCCCCN1CCOCC1)N(C)CCC(NC(=O)OC(C)(C)C)C(C)C.I. The van der Waals surface area contributed by atoms with Crippen molar-refractivity contribution in [2.24, 2.45) is 10.9 Å². The topological polar surface area (TPSA) is 78.4 Å². The van der Waals surface area contributed by atoms with Gasteiger partial charge in [-0.05, 0) is 52.5 Å². The molecule has 8 nitrogen and oxygen atoms in total. The van der Waals surface area contributed by atoms with Crippen molar-refractivity contribution in [3.63, 3.8) is 0 Å². The number of guanidine groups is 1. The van der Waals surface area contributed by atoms with E-state index >= 15 is 0 Å². The fourth-order valence-electron chi connectivity index (χ4n) is 3.34. The summed E-state index contributed by atoms with van der Waals surface area (Å²) in [4.78, 5) is 21.1. The smallest absolute Gasteiger partial charge is 0.407 e. The van der Waals surface area contributed by atoms with E-state index in [0.717, 1.165) is 64.7 Å². The fraction of sp³-hybridized carbons (Fsp3) is 0.909. The standard InChI is InChI=1S/C22H45N5O3.HI/c1-18(2)19(25-21(28)30-22(3,4)5)10-13-26(7)20(23-6)24-11-8-9-12-27-14-16-29-17-15-27;/h18-19H,8-17H2,1-7H3,(H,23,24)(H,25,28);1H. The lowest BCUT2D eigenvalue weighted by Gasteiger charge is -2.28. The van der Waals surface area contributed by atoms with Crippen molar-refractivity contribution in [1.29, 1.82) is 0 Å². The molecule has 1 unspecified atom stereocenters. The predicted molar refractivity (Wildman–Crippen MR) is 139 cm³/mol. The van der Waals surface area contributed by atoms with Gasteiger partial charge >= 0.3 is 6.09 Å². The van der Waals surface area contributed by atoms with E-state index in [1.165, 1.54) is 6.42 Å². The van der Waals surface area contributed by atoms with E-state index in [2.05, 4.69) is 39.3 Å². The van der Waals surface area contributed by atoms with Gasteiger partial charge in [-0.3, -0.25) is 9.89 Å². The van der Waals surface area contributed by atoms with Crippen LogP contribution in [0.5, 0.6) is 0 Å². The van der Waals surface area contributed by atoms with Gasteiger partial charge in [0.05, 0.1) is 13.2 Å². The molecule has 0 radical (unpaired) electrons.